The zero-order valence-electron chi connectivity index (χ0n) is 19.7. The Morgan fingerprint density at radius 2 is 1.61 bits per heavy atom. The Balaban J connectivity index is 1.56. The molecule has 1 amide bonds. The Hall–Kier alpha value is -4.65. The van der Waals surface area contributed by atoms with Gasteiger partial charge < -0.3 is 14.1 Å². The number of halogens is 1. The molecule has 0 unspecified atom stereocenters. The maximum atomic E-state index is 13.5. The number of rotatable bonds is 8. The van der Waals surface area contributed by atoms with E-state index in [1.807, 2.05) is 73.7 Å². The molecule has 0 saturated carbocycles. The molecule has 180 valence electrons. The van der Waals surface area contributed by atoms with Gasteiger partial charge in [0.1, 0.15) is 17.3 Å². The van der Waals surface area contributed by atoms with Gasteiger partial charge in [-0.1, -0.05) is 36.4 Å². The first-order chi connectivity index (χ1) is 17.6. The van der Waals surface area contributed by atoms with Crippen molar-refractivity contribution in [2.24, 2.45) is 0 Å². The monoisotopic (exact) mass is 481 g/mol. The fraction of sp³-hybridized carbons (Fsp3) is 0.103. The van der Waals surface area contributed by atoms with E-state index in [1.54, 1.807) is 21.9 Å². The Kier molecular flexibility index (Phi) is 6.62. The summed E-state index contributed by atoms with van der Waals surface area (Å²) in [4.78, 5) is 15.2. The summed E-state index contributed by atoms with van der Waals surface area (Å²) in [5.74, 6) is 1.13. The van der Waals surface area contributed by atoms with Crippen LogP contribution < -0.4 is 4.74 Å². The summed E-state index contributed by atoms with van der Waals surface area (Å²) in [7, 11) is 0. The van der Waals surface area contributed by atoms with Crippen LogP contribution in [0.2, 0.25) is 0 Å². The molecule has 5 aromatic rings. The molecule has 2 aromatic heterocycles. The number of carbonyl (C=O) groups is 1. The van der Waals surface area contributed by atoms with Gasteiger partial charge in [-0.05, 0) is 67.6 Å². The second-order valence-corrected chi connectivity index (χ2v) is 8.28. The lowest BCUT2D eigenvalue weighted by molar-refractivity contribution is 0.0716. The van der Waals surface area contributed by atoms with Crippen LogP contribution in [0.4, 0.5) is 4.39 Å². The standard InChI is InChI=1S/C29H24FN3O3/c1-21-27(20-32(19-26-13-8-18-35-26)28(34)22-14-16-23(30)17-15-22)29(36-25-11-6-3-7-12-25)33(31-21)24-9-4-2-5-10-24/h2-18H,19-20H2,1H3. The van der Waals surface area contributed by atoms with Gasteiger partial charge in [0.25, 0.3) is 5.91 Å². The van der Waals surface area contributed by atoms with E-state index in [1.165, 1.54) is 24.3 Å². The fourth-order valence-electron chi connectivity index (χ4n) is 3.93. The van der Waals surface area contributed by atoms with Crippen LogP contribution in [0, 0.1) is 12.7 Å². The SMILES string of the molecule is Cc1nn(-c2ccccc2)c(Oc2ccccc2)c1CN(Cc1ccco1)C(=O)c1ccc(F)cc1. The number of aromatic nitrogens is 2. The molecule has 0 bridgehead atoms. The molecule has 2 heterocycles. The van der Waals surface area contributed by atoms with Gasteiger partial charge >= 0.3 is 0 Å². The van der Waals surface area contributed by atoms with E-state index >= 15 is 0 Å². The highest BCUT2D eigenvalue weighted by atomic mass is 19.1. The molecule has 36 heavy (non-hydrogen) atoms. The molecule has 5 rings (SSSR count). The maximum Gasteiger partial charge on any atom is 0.254 e. The smallest absolute Gasteiger partial charge is 0.254 e. The third kappa shape index (κ3) is 5.05. The van der Waals surface area contributed by atoms with Gasteiger partial charge in [0.15, 0.2) is 0 Å². The van der Waals surface area contributed by atoms with Crippen molar-refractivity contribution < 1.29 is 18.3 Å². The van der Waals surface area contributed by atoms with Crippen LogP contribution in [0.5, 0.6) is 11.6 Å². The lowest BCUT2D eigenvalue weighted by Crippen LogP contribution is -2.30. The van der Waals surface area contributed by atoms with Gasteiger partial charge in [0.2, 0.25) is 5.88 Å². The van der Waals surface area contributed by atoms with Crippen molar-refractivity contribution in [3.63, 3.8) is 0 Å². The van der Waals surface area contributed by atoms with Gasteiger partial charge in [-0.15, -0.1) is 0 Å². The molecule has 0 atom stereocenters. The van der Waals surface area contributed by atoms with Crippen molar-refractivity contribution in [2.45, 2.75) is 20.0 Å². The largest absolute Gasteiger partial charge is 0.467 e. The van der Waals surface area contributed by atoms with Crippen LogP contribution in [0.15, 0.2) is 108 Å². The van der Waals surface area contributed by atoms with Crippen molar-refractivity contribution in [1.82, 2.24) is 14.7 Å². The molecule has 0 aliphatic rings. The van der Waals surface area contributed by atoms with E-state index in [4.69, 9.17) is 14.3 Å². The van der Waals surface area contributed by atoms with E-state index in [2.05, 4.69) is 0 Å². The van der Waals surface area contributed by atoms with Crippen LogP contribution in [-0.4, -0.2) is 20.6 Å². The zero-order valence-corrected chi connectivity index (χ0v) is 19.7. The van der Waals surface area contributed by atoms with Crippen LogP contribution in [0.3, 0.4) is 0 Å². The summed E-state index contributed by atoms with van der Waals surface area (Å²) >= 11 is 0. The Morgan fingerprint density at radius 1 is 0.917 bits per heavy atom. The summed E-state index contributed by atoms with van der Waals surface area (Å²) in [5, 5.41) is 4.75. The molecule has 0 spiro atoms. The molecule has 0 aliphatic heterocycles. The minimum Gasteiger partial charge on any atom is -0.467 e. The first-order valence-corrected chi connectivity index (χ1v) is 11.5. The van der Waals surface area contributed by atoms with Gasteiger partial charge in [0, 0.05) is 5.56 Å². The maximum absolute atomic E-state index is 13.5. The van der Waals surface area contributed by atoms with E-state index in [9.17, 15) is 9.18 Å². The highest BCUT2D eigenvalue weighted by Gasteiger charge is 2.25. The van der Waals surface area contributed by atoms with Gasteiger partial charge in [-0.25, -0.2) is 9.07 Å². The Bertz CT molecular complexity index is 1430. The topological polar surface area (TPSA) is 60.5 Å². The van der Waals surface area contributed by atoms with Crippen molar-refractivity contribution >= 4 is 5.91 Å². The zero-order chi connectivity index (χ0) is 24.9. The quantitative estimate of drug-likeness (QED) is 0.252. The lowest BCUT2D eigenvalue weighted by Gasteiger charge is -2.22. The predicted octanol–water partition coefficient (Wildman–Crippen LogP) is 6.55. The van der Waals surface area contributed by atoms with Crippen molar-refractivity contribution in [3.05, 3.63) is 132 Å². The number of hydrogen-bond donors (Lipinski definition) is 0. The summed E-state index contributed by atoms with van der Waals surface area (Å²) in [5.41, 5.74) is 2.69. The first-order valence-electron chi connectivity index (χ1n) is 11.5. The number of carbonyl (C=O) groups excluding carboxylic acids is 1. The number of benzene rings is 3. The van der Waals surface area contributed by atoms with Crippen molar-refractivity contribution in [1.29, 1.82) is 0 Å². The van der Waals surface area contributed by atoms with E-state index < -0.39 is 5.82 Å². The number of aryl methyl sites for hydroxylation is 1. The van der Waals surface area contributed by atoms with Crippen molar-refractivity contribution in [3.8, 4) is 17.3 Å². The Labute approximate surface area is 208 Å². The highest BCUT2D eigenvalue weighted by molar-refractivity contribution is 5.94. The van der Waals surface area contributed by atoms with Crippen LogP contribution in [-0.2, 0) is 13.1 Å². The minimum atomic E-state index is -0.400. The van der Waals surface area contributed by atoms with Crippen LogP contribution >= 0.6 is 0 Å². The number of para-hydroxylation sites is 2. The molecule has 0 radical (unpaired) electrons. The van der Waals surface area contributed by atoms with Gasteiger partial charge in [-0.2, -0.15) is 5.10 Å². The molecule has 0 N–H and O–H groups in total. The second-order valence-electron chi connectivity index (χ2n) is 8.28. The molecule has 0 fully saturated rings. The number of ether oxygens (including phenoxy) is 1. The lowest BCUT2D eigenvalue weighted by atomic mass is 10.1. The molecule has 7 heteroatoms. The second kappa shape index (κ2) is 10.3. The number of nitrogens with zero attached hydrogens (tertiary/aromatic N) is 3. The molecule has 0 saturated heterocycles. The van der Waals surface area contributed by atoms with Crippen LogP contribution in [0.1, 0.15) is 27.4 Å². The third-order valence-electron chi connectivity index (χ3n) is 5.75. The van der Waals surface area contributed by atoms with E-state index in [0.29, 0.717) is 23.0 Å². The first kappa shape index (κ1) is 23.1. The van der Waals surface area contributed by atoms with Crippen LogP contribution in [0.25, 0.3) is 5.69 Å². The fourth-order valence-corrected chi connectivity index (χ4v) is 3.93. The molecule has 3 aromatic carbocycles. The van der Waals surface area contributed by atoms with E-state index in [0.717, 1.165) is 16.9 Å². The number of hydrogen-bond acceptors (Lipinski definition) is 4. The average Bonchev–Trinajstić information content (AvgIpc) is 3.53. The highest BCUT2D eigenvalue weighted by Crippen LogP contribution is 2.32. The van der Waals surface area contributed by atoms with E-state index in [-0.39, 0.29) is 19.0 Å². The Morgan fingerprint density at radius 3 is 2.28 bits per heavy atom. The summed E-state index contributed by atoms with van der Waals surface area (Å²) in [6.45, 7) is 2.32. The minimum absolute atomic E-state index is 0.206. The summed E-state index contributed by atoms with van der Waals surface area (Å²) in [6.07, 6.45) is 1.57. The molecule has 0 aliphatic carbocycles. The molecular weight excluding hydrogens is 457 g/mol. The van der Waals surface area contributed by atoms with Crippen molar-refractivity contribution in [2.75, 3.05) is 0 Å². The predicted molar refractivity (Wildman–Crippen MR) is 134 cm³/mol. The summed E-state index contributed by atoms with van der Waals surface area (Å²) < 4.78 is 27.1. The third-order valence-corrected chi connectivity index (χ3v) is 5.75. The van der Waals surface area contributed by atoms with Gasteiger partial charge in [0.05, 0.1) is 36.3 Å². The normalized spacial score (nSPS) is 10.8. The number of amides is 1. The molecule has 6 nitrogen and oxygen atoms in total. The summed E-state index contributed by atoms with van der Waals surface area (Å²) in [6, 6.07) is 28.2. The average molecular weight is 482 g/mol. The molecular formula is C29H24FN3O3. The van der Waals surface area contributed by atoms with Gasteiger partial charge in [-0.3, -0.25) is 4.79 Å². The number of furan rings is 1.